The Labute approximate surface area is 182 Å². The van der Waals surface area contributed by atoms with Gasteiger partial charge in [-0.25, -0.2) is 13.9 Å². The van der Waals surface area contributed by atoms with Crippen molar-refractivity contribution >= 4 is 29.0 Å². The van der Waals surface area contributed by atoms with Crippen LogP contribution in [0.25, 0.3) is 5.65 Å². The molecule has 0 fully saturated rings. The van der Waals surface area contributed by atoms with E-state index in [1.165, 1.54) is 27.4 Å². The average Bonchev–Trinajstić information content (AvgIpc) is 3.31. The van der Waals surface area contributed by atoms with Crippen LogP contribution >= 0.6 is 0 Å². The van der Waals surface area contributed by atoms with Crippen LogP contribution in [0.1, 0.15) is 29.5 Å². The molecule has 164 valence electrons. The van der Waals surface area contributed by atoms with E-state index in [2.05, 4.69) is 25.8 Å². The van der Waals surface area contributed by atoms with Crippen molar-refractivity contribution in [1.82, 2.24) is 24.4 Å². The lowest BCUT2D eigenvalue weighted by atomic mass is 10.2. The monoisotopic (exact) mass is 437 g/mol. The Morgan fingerprint density at radius 2 is 1.94 bits per heavy atom. The summed E-state index contributed by atoms with van der Waals surface area (Å²) < 4.78 is 22.9. The van der Waals surface area contributed by atoms with E-state index in [1.807, 2.05) is 0 Å². The SMILES string of the molecule is CCC(=O)Nc1cn2nc(Oc3ccc(F)c(NC(=O)c4cc(C)nn4C)c3)ccc2n1. The average molecular weight is 437 g/mol. The minimum atomic E-state index is -0.612. The van der Waals surface area contributed by atoms with E-state index < -0.39 is 11.7 Å². The van der Waals surface area contributed by atoms with Gasteiger partial charge in [-0.2, -0.15) is 5.10 Å². The highest BCUT2D eigenvalue weighted by Gasteiger charge is 2.15. The van der Waals surface area contributed by atoms with E-state index in [9.17, 15) is 14.0 Å². The molecule has 10 nitrogen and oxygen atoms in total. The van der Waals surface area contributed by atoms with Gasteiger partial charge in [-0.15, -0.1) is 5.10 Å². The summed E-state index contributed by atoms with van der Waals surface area (Å²) in [5.74, 6) is -0.405. The van der Waals surface area contributed by atoms with Gasteiger partial charge in [0.2, 0.25) is 11.8 Å². The largest absolute Gasteiger partial charge is 0.438 e. The molecule has 4 rings (SSSR count). The molecule has 0 bridgehead atoms. The Balaban J connectivity index is 1.53. The van der Waals surface area contributed by atoms with Crippen LogP contribution in [-0.4, -0.2) is 36.2 Å². The molecule has 1 aromatic carbocycles. The van der Waals surface area contributed by atoms with Crippen LogP contribution in [0.3, 0.4) is 0 Å². The van der Waals surface area contributed by atoms with Gasteiger partial charge in [-0.3, -0.25) is 14.3 Å². The summed E-state index contributed by atoms with van der Waals surface area (Å²) in [6, 6.07) is 8.84. The lowest BCUT2D eigenvalue weighted by Crippen LogP contribution is -2.16. The van der Waals surface area contributed by atoms with Crippen molar-refractivity contribution in [3.63, 3.8) is 0 Å². The Morgan fingerprint density at radius 1 is 1.12 bits per heavy atom. The first-order chi connectivity index (χ1) is 15.3. The van der Waals surface area contributed by atoms with Crippen molar-refractivity contribution in [1.29, 1.82) is 0 Å². The summed E-state index contributed by atoms with van der Waals surface area (Å²) in [6.07, 6.45) is 1.89. The molecule has 0 unspecified atom stereocenters. The highest BCUT2D eigenvalue weighted by molar-refractivity contribution is 6.03. The van der Waals surface area contributed by atoms with Gasteiger partial charge in [0.1, 0.15) is 17.3 Å². The minimum Gasteiger partial charge on any atom is -0.438 e. The normalized spacial score (nSPS) is 10.9. The number of nitrogens with zero attached hydrogens (tertiary/aromatic N) is 5. The van der Waals surface area contributed by atoms with Crippen molar-refractivity contribution in [2.75, 3.05) is 10.6 Å². The van der Waals surface area contributed by atoms with Crippen LogP contribution in [0, 0.1) is 12.7 Å². The number of amides is 2. The number of anilines is 2. The van der Waals surface area contributed by atoms with Crippen LogP contribution in [0.5, 0.6) is 11.6 Å². The number of hydrogen-bond acceptors (Lipinski definition) is 6. The van der Waals surface area contributed by atoms with Crippen LogP contribution in [-0.2, 0) is 11.8 Å². The molecule has 0 aliphatic rings. The first-order valence-corrected chi connectivity index (χ1v) is 9.78. The van der Waals surface area contributed by atoms with Gasteiger partial charge < -0.3 is 15.4 Å². The molecule has 2 amide bonds. The van der Waals surface area contributed by atoms with Gasteiger partial charge in [0, 0.05) is 25.6 Å². The molecule has 0 radical (unpaired) electrons. The molecular weight excluding hydrogens is 417 g/mol. The maximum absolute atomic E-state index is 14.3. The Hall–Kier alpha value is -4.28. The van der Waals surface area contributed by atoms with Crippen molar-refractivity contribution in [2.24, 2.45) is 7.05 Å². The number of halogens is 1. The number of imidazole rings is 1. The molecule has 4 aromatic rings. The van der Waals surface area contributed by atoms with Crippen LogP contribution in [0.4, 0.5) is 15.9 Å². The third-order valence-corrected chi connectivity index (χ3v) is 4.53. The van der Waals surface area contributed by atoms with Crippen LogP contribution in [0.2, 0.25) is 0 Å². The fraction of sp³-hybridized carbons (Fsp3) is 0.190. The van der Waals surface area contributed by atoms with E-state index in [0.717, 1.165) is 0 Å². The van der Waals surface area contributed by atoms with E-state index >= 15 is 0 Å². The second-order valence-corrected chi connectivity index (χ2v) is 6.99. The smallest absolute Gasteiger partial charge is 0.274 e. The quantitative estimate of drug-likeness (QED) is 0.478. The Morgan fingerprint density at radius 3 is 2.66 bits per heavy atom. The van der Waals surface area contributed by atoms with Gasteiger partial charge >= 0.3 is 0 Å². The second kappa shape index (κ2) is 8.46. The number of fused-ring (bicyclic) bond motifs is 1. The lowest BCUT2D eigenvalue weighted by molar-refractivity contribution is -0.115. The third kappa shape index (κ3) is 4.41. The fourth-order valence-electron chi connectivity index (χ4n) is 3.00. The van der Waals surface area contributed by atoms with Crippen LogP contribution < -0.4 is 15.4 Å². The topological polar surface area (TPSA) is 115 Å². The van der Waals surface area contributed by atoms with E-state index in [4.69, 9.17) is 4.74 Å². The fourth-order valence-corrected chi connectivity index (χ4v) is 3.00. The predicted octanol–water partition coefficient (Wildman–Crippen LogP) is 3.30. The number of aryl methyl sites for hydroxylation is 2. The summed E-state index contributed by atoms with van der Waals surface area (Å²) >= 11 is 0. The first kappa shape index (κ1) is 21.0. The molecule has 0 saturated carbocycles. The number of benzene rings is 1. The number of carbonyl (C=O) groups is 2. The highest BCUT2D eigenvalue weighted by atomic mass is 19.1. The van der Waals surface area contributed by atoms with E-state index in [-0.39, 0.29) is 23.2 Å². The maximum Gasteiger partial charge on any atom is 0.274 e. The number of carbonyl (C=O) groups excluding carboxylic acids is 2. The molecule has 0 saturated heterocycles. The molecule has 3 heterocycles. The van der Waals surface area contributed by atoms with Crippen molar-refractivity contribution < 1.29 is 18.7 Å². The number of nitrogens with one attached hydrogen (secondary N) is 2. The van der Waals surface area contributed by atoms with E-state index in [1.54, 1.807) is 45.3 Å². The minimum absolute atomic E-state index is 0.0420. The molecule has 3 aromatic heterocycles. The summed E-state index contributed by atoms with van der Waals surface area (Å²) in [5, 5.41) is 13.6. The Bertz CT molecular complexity index is 1330. The third-order valence-electron chi connectivity index (χ3n) is 4.53. The predicted molar refractivity (Wildman–Crippen MR) is 114 cm³/mol. The molecule has 0 atom stereocenters. The summed E-state index contributed by atoms with van der Waals surface area (Å²) in [7, 11) is 1.63. The second-order valence-electron chi connectivity index (χ2n) is 6.99. The molecular formula is C21H20FN7O3. The maximum atomic E-state index is 14.3. The highest BCUT2D eigenvalue weighted by Crippen LogP contribution is 2.26. The van der Waals surface area contributed by atoms with Crippen molar-refractivity contribution in [3.8, 4) is 11.6 Å². The van der Waals surface area contributed by atoms with Gasteiger partial charge in [-0.05, 0) is 31.2 Å². The van der Waals surface area contributed by atoms with Gasteiger partial charge in [0.25, 0.3) is 5.91 Å². The lowest BCUT2D eigenvalue weighted by Gasteiger charge is -2.10. The molecule has 2 N–H and O–H groups in total. The van der Waals surface area contributed by atoms with Crippen molar-refractivity contribution in [3.05, 3.63) is 59.8 Å². The summed E-state index contributed by atoms with van der Waals surface area (Å²) in [6.45, 7) is 3.50. The summed E-state index contributed by atoms with van der Waals surface area (Å²) in [4.78, 5) is 28.3. The van der Waals surface area contributed by atoms with Gasteiger partial charge in [0.15, 0.2) is 11.5 Å². The van der Waals surface area contributed by atoms with Crippen LogP contribution in [0.15, 0.2) is 42.6 Å². The number of rotatable bonds is 6. The number of aromatic nitrogens is 5. The molecule has 0 aliphatic heterocycles. The summed E-state index contributed by atoms with van der Waals surface area (Å²) in [5.41, 5.74) is 1.45. The van der Waals surface area contributed by atoms with E-state index in [0.29, 0.717) is 29.3 Å². The van der Waals surface area contributed by atoms with Gasteiger partial charge in [0.05, 0.1) is 17.6 Å². The Kier molecular flexibility index (Phi) is 5.54. The molecule has 0 aliphatic carbocycles. The standard InChI is InChI=1S/C21H20FN7O3/c1-4-19(30)25-17-11-29-18(24-17)7-8-20(27-29)32-13-5-6-14(22)15(10-13)23-21(31)16-9-12(2)26-28(16)3/h5-11H,4H2,1-3H3,(H,23,31)(H,25,30). The zero-order valence-electron chi connectivity index (χ0n) is 17.6. The van der Waals surface area contributed by atoms with Gasteiger partial charge in [-0.1, -0.05) is 6.92 Å². The number of hydrogen-bond donors (Lipinski definition) is 2. The zero-order chi connectivity index (χ0) is 22.8. The van der Waals surface area contributed by atoms with Crippen molar-refractivity contribution in [2.45, 2.75) is 20.3 Å². The first-order valence-electron chi connectivity index (χ1n) is 9.78. The molecule has 11 heteroatoms. The molecule has 32 heavy (non-hydrogen) atoms. The number of ether oxygens (including phenoxy) is 1. The molecule has 0 spiro atoms. The zero-order valence-corrected chi connectivity index (χ0v) is 17.6.